The molecule has 1 atom stereocenters. The monoisotopic (exact) mass is 502 g/mol. The molecule has 4 rings (SSSR count). The third-order valence-electron chi connectivity index (χ3n) is 6.03. The van der Waals surface area contributed by atoms with Gasteiger partial charge in [0.2, 0.25) is 0 Å². The Hall–Kier alpha value is -2.42. The van der Waals surface area contributed by atoms with Crippen molar-refractivity contribution in [2.75, 3.05) is 17.7 Å². The van der Waals surface area contributed by atoms with Crippen LogP contribution in [0.4, 0.5) is 10.7 Å². The molecule has 0 bridgehead atoms. The fourth-order valence-corrected chi connectivity index (χ4v) is 6.09. The predicted molar refractivity (Wildman–Crippen MR) is 139 cm³/mol. The summed E-state index contributed by atoms with van der Waals surface area (Å²) < 4.78 is 6.99. The van der Waals surface area contributed by atoms with Crippen molar-refractivity contribution in [1.29, 1.82) is 0 Å². The first-order valence-corrected chi connectivity index (χ1v) is 12.5. The van der Waals surface area contributed by atoms with Crippen LogP contribution in [0.3, 0.4) is 0 Å². The summed E-state index contributed by atoms with van der Waals surface area (Å²) in [6.07, 6.45) is 2.92. The van der Waals surface area contributed by atoms with E-state index < -0.39 is 0 Å². The molecule has 6 nitrogen and oxygen atoms in total. The van der Waals surface area contributed by atoms with Gasteiger partial charge in [0.05, 0.1) is 36.3 Å². The number of thiophene rings is 1. The van der Waals surface area contributed by atoms with E-state index >= 15 is 0 Å². The summed E-state index contributed by atoms with van der Waals surface area (Å²) in [5, 5.41) is 13.0. The maximum Gasteiger partial charge on any atom is 0.341 e. The van der Waals surface area contributed by atoms with Gasteiger partial charge in [-0.2, -0.15) is 5.10 Å². The molecule has 0 aliphatic heterocycles. The number of rotatable bonds is 5. The zero-order valence-electron chi connectivity index (χ0n) is 19.1. The van der Waals surface area contributed by atoms with Crippen molar-refractivity contribution in [3.63, 3.8) is 0 Å². The first-order chi connectivity index (χ1) is 15.8. The molecule has 0 amide bonds. The van der Waals surface area contributed by atoms with Crippen molar-refractivity contribution in [2.45, 2.75) is 46.6 Å². The van der Waals surface area contributed by atoms with E-state index in [-0.39, 0.29) is 5.97 Å². The molecule has 3 aromatic rings. The molecule has 9 heteroatoms. The molecule has 1 unspecified atom stereocenters. The first kappa shape index (κ1) is 23.7. The van der Waals surface area contributed by atoms with E-state index in [4.69, 9.17) is 28.6 Å². The third kappa shape index (κ3) is 4.93. The quantitative estimate of drug-likeness (QED) is 0.330. The molecular formula is C24H27ClN4O2S2. The lowest BCUT2D eigenvalue weighted by Crippen LogP contribution is -2.21. The van der Waals surface area contributed by atoms with Crippen LogP contribution >= 0.6 is 35.2 Å². The van der Waals surface area contributed by atoms with Crippen molar-refractivity contribution < 1.29 is 9.53 Å². The number of nitrogens with zero attached hydrogens (tertiary/aromatic N) is 2. The average molecular weight is 503 g/mol. The number of benzene rings is 1. The number of anilines is 2. The van der Waals surface area contributed by atoms with Crippen LogP contribution in [0, 0.1) is 19.8 Å². The number of carbonyl (C=O) groups excluding carboxylic acids is 1. The van der Waals surface area contributed by atoms with Crippen molar-refractivity contribution in [2.24, 2.45) is 5.92 Å². The topological polar surface area (TPSA) is 68.2 Å². The summed E-state index contributed by atoms with van der Waals surface area (Å²) in [5.74, 6) is 0.279. The van der Waals surface area contributed by atoms with Gasteiger partial charge in [-0.15, -0.1) is 11.3 Å². The van der Waals surface area contributed by atoms with Gasteiger partial charge < -0.3 is 15.4 Å². The zero-order valence-corrected chi connectivity index (χ0v) is 21.5. The summed E-state index contributed by atoms with van der Waals surface area (Å²) in [6.45, 7) is 6.74. The van der Waals surface area contributed by atoms with Crippen molar-refractivity contribution in [1.82, 2.24) is 9.78 Å². The van der Waals surface area contributed by atoms with E-state index in [9.17, 15) is 4.79 Å². The number of aromatic nitrogens is 2. The van der Waals surface area contributed by atoms with Crippen molar-refractivity contribution >= 4 is 56.9 Å². The second kappa shape index (κ2) is 9.83. The van der Waals surface area contributed by atoms with Crippen LogP contribution in [-0.2, 0) is 24.1 Å². The number of halogens is 1. The first-order valence-electron chi connectivity index (χ1n) is 10.9. The fourth-order valence-electron chi connectivity index (χ4n) is 4.22. The van der Waals surface area contributed by atoms with Crippen LogP contribution < -0.4 is 10.6 Å². The number of fused-ring (bicyclic) bond motifs is 1. The van der Waals surface area contributed by atoms with Gasteiger partial charge >= 0.3 is 5.97 Å². The maximum atomic E-state index is 12.6. The molecule has 0 saturated heterocycles. The Labute approximate surface area is 208 Å². The largest absolute Gasteiger partial charge is 0.465 e. The number of thiocarbonyl (C=S) groups is 1. The average Bonchev–Trinajstić information content (AvgIpc) is 3.25. The normalized spacial score (nSPS) is 15.1. The Morgan fingerprint density at radius 1 is 1.33 bits per heavy atom. The van der Waals surface area contributed by atoms with Crippen molar-refractivity contribution in [3.8, 4) is 0 Å². The molecular weight excluding hydrogens is 476 g/mol. The molecule has 2 heterocycles. The fraction of sp³-hybridized carbons (Fsp3) is 0.375. The van der Waals surface area contributed by atoms with Crippen LogP contribution in [0.2, 0.25) is 5.02 Å². The molecule has 2 aromatic heterocycles. The predicted octanol–water partition coefficient (Wildman–Crippen LogP) is 5.98. The summed E-state index contributed by atoms with van der Waals surface area (Å²) in [4.78, 5) is 13.8. The number of methoxy groups -OCH3 is 1. The molecule has 0 fully saturated rings. The Kier molecular flexibility index (Phi) is 7.07. The van der Waals surface area contributed by atoms with Gasteiger partial charge in [-0.05, 0) is 68.4 Å². The lowest BCUT2D eigenvalue weighted by molar-refractivity contribution is 0.0601. The molecule has 0 spiro atoms. The number of hydrogen-bond donors (Lipinski definition) is 2. The molecule has 33 heavy (non-hydrogen) atoms. The van der Waals surface area contributed by atoms with Crippen molar-refractivity contribution in [3.05, 3.63) is 62.2 Å². The molecule has 0 saturated carbocycles. The van der Waals surface area contributed by atoms with Crippen LogP contribution in [-0.4, -0.2) is 28.0 Å². The van der Waals surface area contributed by atoms with Crippen LogP contribution in [0.25, 0.3) is 0 Å². The number of esters is 1. The minimum absolute atomic E-state index is 0.327. The second-order valence-corrected chi connectivity index (χ2v) is 10.3. The minimum atomic E-state index is -0.327. The second-order valence-electron chi connectivity index (χ2n) is 8.42. The van der Waals surface area contributed by atoms with E-state index in [1.807, 2.05) is 42.8 Å². The molecule has 0 radical (unpaired) electrons. The van der Waals surface area contributed by atoms with Gasteiger partial charge in [-0.25, -0.2) is 4.79 Å². The molecule has 1 aliphatic rings. The number of hydrogen-bond acceptors (Lipinski definition) is 5. The third-order valence-corrected chi connectivity index (χ3v) is 7.77. The lowest BCUT2D eigenvalue weighted by atomic mass is 9.88. The highest BCUT2D eigenvalue weighted by Crippen LogP contribution is 2.40. The molecule has 2 N–H and O–H groups in total. The number of carbonyl (C=O) groups is 1. The Balaban J connectivity index is 1.55. The molecule has 1 aromatic carbocycles. The van der Waals surface area contributed by atoms with E-state index in [1.165, 1.54) is 12.0 Å². The van der Waals surface area contributed by atoms with Gasteiger partial charge in [0.15, 0.2) is 5.11 Å². The van der Waals surface area contributed by atoms with Gasteiger partial charge in [0.25, 0.3) is 0 Å². The maximum absolute atomic E-state index is 12.6. The van der Waals surface area contributed by atoms with Crippen LogP contribution in [0.15, 0.2) is 24.3 Å². The molecule has 1 aliphatic carbocycles. The zero-order chi connectivity index (χ0) is 23.7. The SMILES string of the molecule is COC(=O)c1c(NC(=S)Nc2c(C)nn(Cc3ccccc3Cl)c2C)sc2c1CCC(C)C2. The van der Waals surface area contributed by atoms with E-state index in [2.05, 4.69) is 22.7 Å². The molecule has 174 valence electrons. The van der Waals surface area contributed by atoms with Gasteiger partial charge in [0, 0.05) is 9.90 Å². The Bertz CT molecular complexity index is 1220. The van der Waals surface area contributed by atoms with E-state index in [0.29, 0.717) is 28.2 Å². The Morgan fingerprint density at radius 2 is 2.09 bits per heavy atom. The number of ether oxygens (including phenoxy) is 1. The summed E-state index contributed by atoms with van der Waals surface area (Å²) in [5.41, 5.74) is 5.32. The van der Waals surface area contributed by atoms with Crippen LogP contribution in [0.1, 0.15) is 51.1 Å². The highest BCUT2D eigenvalue weighted by molar-refractivity contribution is 7.80. The number of nitrogens with one attached hydrogen (secondary N) is 2. The highest BCUT2D eigenvalue weighted by Gasteiger charge is 2.28. The van der Waals surface area contributed by atoms with E-state index in [1.54, 1.807) is 11.3 Å². The summed E-state index contributed by atoms with van der Waals surface area (Å²) in [6, 6.07) is 7.74. The summed E-state index contributed by atoms with van der Waals surface area (Å²) in [7, 11) is 1.41. The van der Waals surface area contributed by atoms with Crippen LogP contribution in [0.5, 0.6) is 0 Å². The minimum Gasteiger partial charge on any atom is -0.465 e. The van der Waals surface area contributed by atoms with E-state index in [0.717, 1.165) is 52.5 Å². The lowest BCUT2D eigenvalue weighted by Gasteiger charge is -2.18. The van der Waals surface area contributed by atoms with Gasteiger partial charge in [-0.3, -0.25) is 4.68 Å². The Morgan fingerprint density at radius 3 is 2.82 bits per heavy atom. The standard InChI is InChI=1S/C24H27ClN4O2S2/c1-13-9-10-17-19(11-13)33-22(20(17)23(30)31-4)27-24(32)26-21-14(2)28-29(15(21)3)12-16-7-5-6-8-18(16)25/h5-8,13H,9-12H2,1-4H3,(H2,26,27,32). The smallest absolute Gasteiger partial charge is 0.341 e. The van der Waals surface area contributed by atoms with Gasteiger partial charge in [-0.1, -0.05) is 36.7 Å². The number of aryl methyl sites for hydroxylation is 1. The van der Waals surface area contributed by atoms with Gasteiger partial charge in [0.1, 0.15) is 5.00 Å². The highest BCUT2D eigenvalue weighted by atomic mass is 35.5. The summed E-state index contributed by atoms with van der Waals surface area (Å²) >= 11 is 13.5.